The molecule has 0 bridgehead atoms. The molecule has 0 aromatic heterocycles. The van der Waals surface area contributed by atoms with Gasteiger partial charge in [-0.15, -0.1) is 0 Å². The number of carbonyl (C=O) groups is 3. The molecule has 4 amide bonds. The molecule has 15 heteroatoms. The molecule has 3 saturated heterocycles. The van der Waals surface area contributed by atoms with Gasteiger partial charge in [0.15, 0.2) is 6.10 Å². The Labute approximate surface area is 307 Å². The number of urea groups is 1. The van der Waals surface area contributed by atoms with E-state index in [2.05, 4.69) is 10.2 Å². The lowest BCUT2D eigenvalue weighted by Gasteiger charge is -2.43. The third kappa shape index (κ3) is 8.32. The molecule has 284 valence electrons. The number of hydrogen-bond donors (Lipinski definition) is 2. The van der Waals surface area contributed by atoms with Crippen molar-refractivity contribution in [3.63, 3.8) is 0 Å². The van der Waals surface area contributed by atoms with Gasteiger partial charge in [-0.1, -0.05) is 30.3 Å². The minimum absolute atomic E-state index is 0.0135. The van der Waals surface area contributed by atoms with Gasteiger partial charge in [0.1, 0.15) is 5.75 Å². The van der Waals surface area contributed by atoms with Crippen LogP contribution in [0.3, 0.4) is 0 Å². The number of carbonyl (C=O) groups excluding carboxylic acids is 3. The highest BCUT2D eigenvalue weighted by molar-refractivity contribution is 7.86. The molecule has 0 saturated carbocycles. The Bertz CT molecular complexity index is 1710. The number of fused-ring (bicyclic) bond motifs is 1. The standard InChI is InChI=1S/C37H53N7O7S/c1-26-23-28(24-27(2)34(26)45)25-33(35(46)41-14-10-30(11-15-41)40-19-21-43(22-20-40)52(49,50)39(3)4)51-37(48)42-16-12-31(13-17-42)44-18-9-29-7-5-6-8-32(29)38-36(44)47/h5-8,23-24,30-31,33,45H,9-22,25H2,1-4H3,(H,38,47). The van der Waals surface area contributed by atoms with Gasteiger partial charge in [0.2, 0.25) is 0 Å². The van der Waals surface area contributed by atoms with Crippen molar-refractivity contribution in [1.29, 1.82) is 0 Å². The molecule has 52 heavy (non-hydrogen) atoms. The number of rotatable bonds is 8. The number of nitrogens with one attached hydrogen (secondary N) is 1. The summed E-state index contributed by atoms with van der Waals surface area (Å²) in [4.78, 5) is 48.5. The first kappa shape index (κ1) is 37.8. The molecule has 2 N–H and O–H groups in total. The molecule has 2 aromatic rings. The molecular formula is C37H53N7O7S. The van der Waals surface area contributed by atoms with Crippen LogP contribution in [0.5, 0.6) is 5.75 Å². The molecule has 1 unspecified atom stereocenters. The zero-order valence-corrected chi connectivity index (χ0v) is 31.6. The van der Waals surface area contributed by atoms with Crippen LogP contribution < -0.4 is 5.32 Å². The third-order valence-electron chi connectivity index (χ3n) is 11.1. The van der Waals surface area contributed by atoms with Crippen molar-refractivity contribution >= 4 is 33.9 Å². The van der Waals surface area contributed by atoms with Crippen molar-refractivity contribution in [1.82, 2.24) is 28.2 Å². The number of aryl methyl sites for hydroxylation is 2. The van der Waals surface area contributed by atoms with Crippen LogP contribution in [0.15, 0.2) is 36.4 Å². The van der Waals surface area contributed by atoms with E-state index in [1.165, 1.54) is 8.61 Å². The summed E-state index contributed by atoms with van der Waals surface area (Å²) in [6, 6.07) is 11.6. The fourth-order valence-corrected chi connectivity index (χ4v) is 9.12. The molecule has 0 radical (unpaired) electrons. The van der Waals surface area contributed by atoms with E-state index < -0.39 is 22.4 Å². The second kappa shape index (κ2) is 16.0. The first-order valence-corrected chi connectivity index (χ1v) is 19.8. The van der Waals surface area contributed by atoms with Gasteiger partial charge in [-0.25, -0.2) is 9.59 Å². The van der Waals surface area contributed by atoms with Gasteiger partial charge < -0.3 is 29.9 Å². The number of phenolic OH excluding ortho intramolecular Hbond substituents is 1. The number of piperidine rings is 2. The summed E-state index contributed by atoms with van der Waals surface area (Å²) in [5.74, 6) is -0.0385. The Kier molecular flexibility index (Phi) is 11.6. The smallest absolute Gasteiger partial charge is 0.410 e. The van der Waals surface area contributed by atoms with Gasteiger partial charge >= 0.3 is 12.1 Å². The molecule has 0 aliphatic carbocycles. The summed E-state index contributed by atoms with van der Waals surface area (Å²) >= 11 is 0. The maximum atomic E-state index is 14.1. The Morgan fingerprint density at radius 1 is 0.885 bits per heavy atom. The number of ether oxygens (including phenoxy) is 1. The SMILES string of the molecule is Cc1cc(CC(OC(=O)N2CCC(N3CCc4ccccc4NC3=O)CC2)C(=O)N2CCC(N3CCN(S(=O)(=O)N(C)C)CC3)CC2)cc(C)c1O. The van der Waals surface area contributed by atoms with E-state index >= 15 is 0 Å². The zero-order chi connectivity index (χ0) is 37.2. The Hall–Kier alpha value is -3.92. The number of aromatic hydroxyl groups is 1. The summed E-state index contributed by atoms with van der Waals surface area (Å²) in [6.07, 6.45) is 2.05. The largest absolute Gasteiger partial charge is 0.507 e. The number of likely N-dealkylation sites (tertiary alicyclic amines) is 2. The minimum Gasteiger partial charge on any atom is -0.507 e. The van der Waals surface area contributed by atoms with Crippen LogP contribution in [0.1, 0.15) is 47.9 Å². The van der Waals surface area contributed by atoms with Crippen LogP contribution >= 0.6 is 0 Å². The van der Waals surface area contributed by atoms with Gasteiger partial charge in [0.25, 0.3) is 16.1 Å². The van der Waals surface area contributed by atoms with Gasteiger partial charge in [0, 0.05) is 97.2 Å². The summed E-state index contributed by atoms with van der Waals surface area (Å²) in [7, 11) is -0.358. The van der Waals surface area contributed by atoms with Crippen molar-refractivity contribution < 1.29 is 32.6 Å². The predicted molar refractivity (Wildman–Crippen MR) is 197 cm³/mol. The number of para-hydroxylation sites is 1. The molecule has 4 aliphatic rings. The van der Waals surface area contributed by atoms with Gasteiger partial charge in [-0.05, 0) is 74.3 Å². The Balaban J connectivity index is 1.06. The Morgan fingerprint density at radius 2 is 1.48 bits per heavy atom. The number of nitrogens with zero attached hydrogens (tertiary/aromatic N) is 6. The molecule has 0 spiro atoms. The van der Waals surface area contributed by atoms with Crippen LogP contribution in [-0.2, 0) is 32.6 Å². The highest BCUT2D eigenvalue weighted by atomic mass is 32.2. The van der Waals surface area contributed by atoms with Crippen molar-refractivity contribution in [3.05, 3.63) is 58.7 Å². The molecule has 4 aliphatic heterocycles. The van der Waals surface area contributed by atoms with Gasteiger partial charge in [-0.3, -0.25) is 9.69 Å². The maximum Gasteiger partial charge on any atom is 0.410 e. The molecule has 2 aromatic carbocycles. The minimum atomic E-state index is -3.45. The number of amides is 4. The molecular weight excluding hydrogens is 687 g/mol. The number of piperazine rings is 1. The first-order valence-electron chi connectivity index (χ1n) is 18.4. The summed E-state index contributed by atoms with van der Waals surface area (Å²) in [5, 5.41) is 13.4. The summed E-state index contributed by atoms with van der Waals surface area (Å²) in [6.45, 7) is 8.19. The zero-order valence-electron chi connectivity index (χ0n) is 30.8. The van der Waals surface area contributed by atoms with E-state index in [4.69, 9.17) is 4.74 Å². The number of phenols is 1. The van der Waals surface area contributed by atoms with Crippen LogP contribution in [0, 0.1) is 13.8 Å². The van der Waals surface area contributed by atoms with Crippen molar-refractivity contribution in [2.45, 2.75) is 70.6 Å². The van der Waals surface area contributed by atoms with E-state index in [1.54, 1.807) is 23.9 Å². The van der Waals surface area contributed by atoms with Crippen LogP contribution in [0.25, 0.3) is 0 Å². The maximum absolute atomic E-state index is 14.1. The van der Waals surface area contributed by atoms with Crippen molar-refractivity contribution in [3.8, 4) is 5.75 Å². The van der Waals surface area contributed by atoms with Crippen LogP contribution in [0.4, 0.5) is 15.3 Å². The number of hydrogen-bond acceptors (Lipinski definition) is 8. The lowest BCUT2D eigenvalue weighted by atomic mass is 9.98. The van der Waals surface area contributed by atoms with E-state index in [0.29, 0.717) is 82.9 Å². The molecule has 4 heterocycles. The molecule has 1 atom stereocenters. The summed E-state index contributed by atoms with van der Waals surface area (Å²) < 4.78 is 34.0. The fraction of sp³-hybridized carbons (Fsp3) is 0.595. The normalized spacial score (nSPS) is 20.7. The van der Waals surface area contributed by atoms with Crippen LogP contribution in [-0.4, -0.2) is 151 Å². The van der Waals surface area contributed by atoms with Gasteiger partial charge in [-0.2, -0.15) is 17.0 Å². The highest BCUT2D eigenvalue weighted by Crippen LogP contribution is 2.28. The average molecular weight is 740 g/mol. The molecule has 6 rings (SSSR count). The third-order valence-corrected chi connectivity index (χ3v) is 13.1. The predicted octanol–water partition coefficient (Wildman–Crippen LogP) is 3.03. The number of anilines is 1. The fourth-order valence-electron chi connectivity index (χ4n) is 8.04. The summed E-state index contributed by atoms with van der Waals surface area (Å²) in [5.41, 5.74) is 4.12. The molecule has 14 nitrogen and oxygen atoms in total. The number of benzene rings is 2. The second-order valence-electron chi connectivity index (χ2n) is 14.7. The van der Waals surface area contributed by atoms with Crippen molar-refractivity contribution in [2.24, 2.45) is 0 Å². The van der Waals surface area contributed by atoms with Crippen LogP contribution in [0.2, 0.25) is 0 Å². The van der Waals surface area contributed by atoms with E-state index in [1.807, 2.05) is 55.1 Å². The monoisotopic (exact) mass is 739 g/mol. The lowest BCUT2D eigenvalue weighted by Crippen LogP contribution is -2.57. The van der Waals surface area contributed by atoms with Gasteiger partial charge in [0.05, 0.1) is 0 Å². The van der Waals surface area contributed by atoms with E-state index in [9.17, 15) is 27.9 Å². The lowest BCUT2D eigenvalue weighted by molar-refractivity contribution is -0.142. The first-order chi connectivity index (χ1) is 24.8. The molecule has 3 fully saturated rings. The highest BCUT2D eigenvalue weighted by Gasteiger charge is 2.37. The quantitative estimate of drug-likeness (QED) is 0.421. The topological polar surface area (TPSA) is 146 Å². The average Bonchev–Trinajstić information content (AvgIpc) is 3.31. The Morgan fingerprint density at radius 3 is 2.12 bits per heavy atom. The van der Waals surface area contributed by atoms with E-state index in [-0.39, 0.29) is 36.2 Å². The van der Waals surface area contributed by atoms with E-state index in [0.717, 1.165) is 36.1 Å². The second-order valence-corrected chi connectivity index (χ2v) is 16.8. The van der Waals surface area contributed by atoms with Crippen molar-refractivity contribution in [2.75, 3.05) is 78.3 Å².